The molecule has 2 rings (SSSR count). The Labute approximate surface area is 126 Å². The molecule has 5 nitrogen and oxygen atoms in total. The summed E-state index contributed by atoms with van der Waals surface area (Å²) in [6.45, 7) is 1.90. The van der Waals surface area contributed by atoms with Gasteiger partial charge in [-0.2, -0.15) is 0 Å². The van der Waals surface area contributed by atoms with Crippen molar-refractivity contribution in [1.29, 1.82) is 0 Å². The maximum absolute atomic E-state index is 12.2. The number of carboxylic acids is 1. The van der Waals surface area contributed by atoms with Gasteiger partial charge >= 0.3 is 5.97 Å². The van der Waals surface area contributed by atoms with E-state index in [1.807, 2.05) is 19.1 Å². The summed E-state index contributed by atoms with van der Waals surface area (Å²) >= 11 is 0. The Kier molecular flexibility index (Phi) is 4.46. The number of carboxylic acid groups (broad SMARTS) is 1. The van der Waals surface area contributed by atoms with E-state index in [2.05, 4.69) is 0 Å². The van der Waals surface area contributed by atoms with Crippen LogP contribution in [0.5, 0.6) is 0 Å². The normalized spacial score (nSPS) is 23.2. The topological polar surface area (TPSA) is 74.7 Å². The fourth-order valence-electron chi connectivity index (χ4n) is 2.35. The minimum atomic E-state index is -1.02. The molecule has 1 fully saturated rings. The number of amides is 1. The minimum absolute atomic E-state index is 0.127. The third kappa shape index (κ3) is 3.32. The maximum atomic E-state index is 12.2. The molecule has 1 saturated carbocycles. The predicted molar refractivity (Wildman–Crippen MR) is 79.2 cm³/mol. The Morgan fingerprint density at radius 2 is 1.86 bits per heavy atom. The monoisotopic (exact) mass is 309 g/mol. The second kappa shape index (κ2) is 5.97. The van der Waals surface area contributed by atoms with E-state index >= 15 is 0 Å². The van der Waals surface area contributed by atoms with Crippen LogP contribution < -0.4 is 0 Å². The van der Waals surface area contributed by atoms with Gasteiger partial charge in [-0.25, -0.2) is 0 Å². The molecule has 0 spiro atoms. The Hall–Kier alpha value is -1.69. The molecule has 1 aliphatic carbocycles. The largest absolute Gasteiger partial charge is 0.481 e. The van der Waals surface area contributed by atoms with E-state index in [1.54, 1.807) is 30.3 Å². The number of carbonyl (C=O) groups is 2. The number of hydrogen-bond acceptors (Lipinski definition) is 3. The van der Waals surface area contributed by atoms with Crippen LogP contribution in [0.4, 0.5) is 0 Å². The number of nitrogens with zero attached hydrogens (tertiary/aromatic N) is 1. The van der Waals surface area contributed by atoms with Crippen LogP contribution in [-0.2, 0) is 20.4 Å². The summed E-state index contributed by atoms with van der Waals surface area (Å²) in [6, 6.07) is 7.14. The molecule has 114 valence electrons. The summed E-state index contributed by atoms with van der Waals surface area (Å²) in [5.74, 6) is -1.95. The molecule has 1 amide bonds. The van der Waals surface area contributed by atoms with E-state index in [9.17, 15) is 13.8 Å². The fraction of sp³-hybridized carbons (Fsp3) is 0.467. The molecular formula is C15H19NO4S. The third-order valence-electron chi connectivity index (χ3n) is 4.05. The number of hydrogen-bond donors (Lipinski definition) is 1. The zero-order valence-electron chi connectivity index (χ0n) is 12.3. The smallest absolute Gasteiger partial charge is 0.307 e. The predicted octanol–water partition coefficient (Wildman–Crippen LogP) is 1.66. The lowest BCUT2D eigenvalue weighted by molar-refractivity contribution is -0.142. The van der Waals surface area contributed by atoms with Gasteiger partial charge in [0.2, 0.25) is 5.91 Å². The van der Waals surface area contributed by atoms with Crippen LogP contribution in [0.2, 0.25) is 0 Å². The molecule has 6 heteroatoms. The molecule has 4 atom stereocenters. The van der Waals surface area contributed by atoms with Gasteiger partial charge in [0, 0.05) is 29.0 Å². The molecular weight excluding hydrogens is 290 g/mol. The van der Waals surface area contributed by atoms with Gasteiger partial charge in [0.15, 0.2) is 0 Å². The average molecular weight is 309 g/mol. The molecule has 0 saturated heterocycles. The molecule has 1 aromatic rings. The summed E-state index contributed by atoms with van der Waals surface area (Å²) in [6.07, 6.45) is 2.05. The van der Waals surface area contributed by atoms with Gasteiger partial charge in [-0.1, -0.05) is 12.1 Å². The highest BCUT2D eigenvalue weighted by atomic mass is 32.2. The van der Waals surface area contributed by atoms with Gasteiger partial charge in [-0.15, -0.1) is 0 Å². The molecule has 1 aromatic carbocycles. The number of rotatable bonds is 5. The van der Waals surface area contributed by atoms with Crippen LogP contribution in [0.25, 0.3) is 0 Å². The molecule has 1 aliphatic rings. The van der Waals surface area contributed by atoms with Crippen molar-refractivity contribution in [2.75, 3.05) is 13.3 Å². The molecule has 0 radical (unpaired) electrons. The van der Waals surface area contributed by atoms with Crippen molar-refractivity contribution in [3.05, 3.63) is 29.8 Å². The fourth-order valence-corrected chi connectivity index (χ4v) is 2.87. The molecule has 1 N–H and O–H groups in total. The molecule has 0 aliphatic heterocycles. The number of benzene rings is 1. The Morgan fingerprint density at radius 3 is 2.29 bits per heavy atom. The first kappa shape index (κ1) is 15.7. The summed E-state index contributed by atoms with van der Waals surface area (Å²) < 4.78 is 11.4. The van der Waals surface area contributed by atoms with Gasteiger partial charge in [0.25, 0.3) is 0 Å². The molecule has 0 heterocycles. The lowest BCUT2D eigenvalue weighted by Crippen LogP contribution is -2.31. The van der Waals surface area contributed by atoms with Crippen molar-refractivity contribution in [2.45, 2.75) is 24.3 Å². The Bertz CT molecular complexity index is 584. The van der Waals surface area contributed by atoms with Gasteiger partial charge in [-0.3, -0.25) is 13.8 Å². The zero-order chi connectivity index (χ0) is 15.7. The minimum Gasteiger partial charge on any atom is -0.481 e. The van der Waals surface area contributed by atoms with Crippen LogP contribution in [0.15, 0.2) is 29.2 Å². The van der Waals surface area contributed by atoms with Crippen LogP contribution in [-0.4, -0.2) is 39.4 Å². The molecule has 0 bridgehead atoms. The van der Waals surface area contributed by atoms with E-state index in [4.69, 9.17) is 5.11 Å². The molecule has 0 aromatic heterocycles. The van der Waals surface area contributed by atoms with E-state index in [-0.39, 0.29) is 11.9 Å². The first-order valence-corrected chi connectivity index (χ1v) is 8.31. The molecule has 0 unspecified atom stereocenters. The highest BCUT2D eigenvalue weighted by Gasteiger charge is 2.49. The second-order valence-electron chi connectivity index (χ2n) is 5.44. The highest BCUT2D eigenvalue weighted by Crippen LogP contribution is 2.41. The van der Waals surface area contributed by atoms with Crippen molar-refractivity contribution >= 4 is 22.7 Å². The summed E-state index contributed by atoms with van der Waals surface area (Å²) in [5, 5.41) is 8.89. The van der Waals surface area contributed by atoms with E-state index < -0.39 is 28.6 Å². The summed E-state index contributed by atoms with van der Waals surface area (Å²) in [7, 11) is 0.667. The third-order valence-corrected chi connectivity index (χ3v) is 4.98. The summed E-state index contributed by atoms with van der Waals surface area (Å²) in [5.41, 5.74) is 0.938. The average Bonchev–Trinajstić information content (AvgIpc) is 3.25. The van der Waals surface area contributed by atoms with Crippen molar-refractivity contribution < 1.29 is 18.9 Å². The summed E-state index contributed by atoms with van der Waals surface area (Å²) in [4.78, 5) is 25.4. The maximum Gasteiger partial charge on any atom is 0.307 e. The van der Waals surface area contributed by atoms with Crippen molar-refractivity contribution in [3.63, 3.8) is 0 Å². The first-order valence-electron chi connectivity index (χ1n) is 6.75. The quantitative estimate of drug-likeness (QED) is 0.897. The van der Waals surface area contributed by atoms with Crippen LogP contribution in [0, 0.1) is 11.8 Å². The van der Waals surface area contributed by atoms with Gasteiger partial charge in [0.05, 0.1) is 17.9 Å². The van der Waals surface area contributed by atoms with Gasteiger partial charge < -0.3 is 10.0 Å². The number of carbonyl (C=O) groups excluding carboxylic acids is 1. The highest BCUT2D eigenvalue weighted by molar-refractivity contribution is 7.84. The lowest BCUT2D eigenvalue weighted by Gasteiger charge is -2.25. The van der Waals surface area contributed by atoms with Crippen LogP contribution in [0.1, 0.15) is 24.9 Å². The van der Waals surface area contributed by atoms with Gasteiger partial charge in [-0.05, 0) is 31.0 Å². The Balaban J connectivity index is 2.05. The Morgan fingerprint density at radius 1 is 1.29 bits per heavy atom. The van der Waals surface area contributed by atoms with Crippen LogP contribution >= 0.6 is 0 Å². The van der Waals surface area contributed by atoms with Crippen molar-refractivity contribution in [1.82, 2.24) is 4.90 Å². The zero-order valence-corrected chi connectivity index (χ0v) is 13.1. The van der Waals surface area contributed by atoms with E-state index in [0.29, 0.717) is 6.42 Å². The first-order chi connectivity index (χ1) is 9.82. The second-order valence-corrected chi connectivity index (χ2v) is 6.81. The van der Waals surface area contributed by atoms with Crippen LogP contribution in [0.3, 0.4) is 0 Å². The number of aliphatic carboxylic acids is 1. The van der Waals surface area contributed by atoms with E-state index in [0.717, 1.165) is 10.5 Å². The molecule has 21 heavy (non-hydrogen) atoms. The van der Waals surface area contributed by atoms with E-state index in [1.165, 1.54) is 0 Å². The van der Waals surface area contributed by atoms with Gasteiger partial charge in [0.1, 0.15) is 0 Å². The lowest BCUT2D eigenvalue weighted by atomic mass is 10.1. The standard InChI is InChI=1S/C15H19NO4S/c1-9(10-4-6-11(7-5-10)21(3)20)16(2)14(17)12-8-13(12)15(18)19/h4-7,9,12-13H,8H2,1-3H3,(H,18,19)/t9-,12-,13+,21+/m1/s1. The van der Waals surface area contributed by atoms with Crippen molar-refractivity contribution in [2.24, 2.45) is 11.8 Å². The SMILES string of the molecule is C[C@H](c1ccc([S@](C)=O)cc1)N(C)C(=O)[C@@H]1C[C@@H]1C(=O)O. The van der Waals surface area contributed by atoms with Crippen molar-refractivity contribution in [3.8, 4) is 0 Å².